The summed E-state index contributed by atoms with van der Waals surface area (Å²) in [7, 11) is 0. The van der Waals surface area contributed by atoms with Gasteiger partial charge in [0.25, 0.3) is 5.91 Å². The van der Waals surface area contributed by atoms with Crippen LogP contribution in [0.25, 0.3) is 5.65 Å². The molecule has 0 unspecified atom stereocenters. The number of hydrogen-bond donors (Lipinski definition) is 1. The zero-order chi connectivity index (χ0) is 15.7. The van der Waals surface area contributed by atoms with Crippen LogP contribution in [0.1, 0.15) is 34.4 Å². The molecule has 1 N–H and O–H groups in total. The van der Waals surface area contributed by atoms with Crippen LogP contribution in [0.4, 0.5) is 0 Å². The van der Waals surface area contributed by atoms with E-state index in [0.29, 0.717) is 12.2 Å². The van der Waals surface area contributed by atoms with Crippen molar-refractivity contribution in [3.8, 4) is 0 Å². The topological polar surface area (TPSA) is 64.2 Å². The molecule has 0 saturated heterocycles. The van der Waals surface area contributed by atoms with Crippen molar-refractivity contribution in [2.75, 3.05) is 0 Å². The number of rotatable bonds is 4. The van der Waals surface area contributed by atoms with E-state index in [0.717, 1.165) is 29.1 Å². The summed E-state index contributed by atoms with van der Waals surface area (Å²) in [6, 6.07) is 3.94. The lowest BCUT2D eigenvalue weighted by atomic mass is 10.3. The molecular weight excluding hydrogens is 278 g/mol. The van der Waals surface area contributed by atoms with E-state index < -0.39 is 0 Å². The fourth-order valence-electron chi connectivity index (χ4n) is 2.57. The summed E-state index contributed by atoms with van der Waals surface area (Å²) in [5.74, 6) is -0.127. The standard InChI is InChI=1S/C16H19N5O/c1-4-20-10-17-8-13(20)9-18-16(22)15-12(3)19-14-7-11(2)5-6-21(14)15/h5-8,10H,4,9H2,1-3H3,(H,18,22). The number of hydrogen-bond acceptors (Lipinski definition) is 3. The molecular formula is C16H19N5O. The maximum Gasteiger partial charge on any atom is 0.270 e. The lowest BCUT2D eigenvalue weighted by Crippen LogP contribution is -2.26. The van der Waals surface area contributed by atoms with Crippen molar-refractivity contribution >= 4 is 11.6 Å². The van der Waals surface area contributed by atoms with Crippen LogP contribution in [0.2, 0.25) is 0 Å². The minimum Gasteiger partial charge on any atom is -0.345 e. The molecule has 3 heterocycles. The van der Waals surface area contributed by atoms with Crippen LogP contribution < -0.4 is 5.32 Å². The maximum absolute atomic E-state index is 12.5. The molecule has 3 rings (SSSR count). The average Bonchev–Trinajstić information content (AvgIpc) is 3.07. The van der Waals surface area contributed by atoms with Gasteiger partial charge in [0.2, 0.25) is 0 Å². The molecule has 6 heteroatoms. The van der Waals surface area contributed by atoms with Crippen LogP contribution in [0.5, 0.6) is 0 Å². The van der Waals surface area contributed by atoms with Gasteiger partial charge in [-0.15, -0.1) is 0 Å². The molecule has 22 heavy (non-hydrogen) atoms. The van der Waals surface area contributed by atoms with Gasteiger partial charge in [0.1, 0.15) is 11.3 Å². The van der Waals surface area contributed by atoms with Crippen LogP contribution in [-0.2, 0) is 13.1 Å². The van der Waals surface area contributed by atoms with Gasteiger partial charge in [0.05, 0.1) is 24.3 Å². The van der Waals surface area contributed by atoms with E-state index in [1.165, 1.54) is 0 Å². The average molecular weight is 297 g/mol. The summed E-state index contributed by atoms with van der Waals surface area (Å²) in [4.78, 5) is 21.1. The van der Waals surface area contributed by atoms with Crippen molar-refractivity contribution < 1.29 is 4.79 Å². The van der Waals surface area contributed by atoms with Gasteiger partial charge in [-0.1, -0.05) is 0 Å². The normalized spacial score (nSPS) is 11.0. The van der Waals surface area contributed by atoms with Gasteiger partial charge in [0, 0.05) is 18.9 Å². The molecule has 0 spiro atoms. The molecule has 3 aromatic rings. The number of pyridine rings is 1. The molecule has 0 aliphatic rings. The Hall–Kier alpha value is -2.63. The van der Waals surface area contributed by atoms with Crippen molar-refractivity contribution in [2.24, 2.45) is 0 Å². The van der Waals surface area contributed by atoms with Crippen molar-refractivity contribution in [2.45, 2.75) is 33.9 Å². The lowest BCUT2D eigenvalue weighted by Gasteiger charge is -2.08. The Kier molecular flexibility index (Phi) is 3.66. The summed E-state index contributed by atoms with van der Waals surface area (Å²) in [6.45, 7) is 7.19. The van der Waals surface area contributed by atoms with E-state index in [1.54, 1.807) is 12.5 Å². The van der Waals surface area contributed by atoms with Crippen LogP contribution >= 0.6 is 0 Å². The number of carbonyl (C=O) groups is 1. The van der Waals surface area contributed by atoms with Crippen LogP contribution in [0.3, 0.4) is 0 Å². The van der Waals surface area contributed by atoms with E-state index in [-0.39, 0.29) is 5.91 Å². The Morgan fingerprint density at radius 2 is 2.18 bits per heavy atom. The van der Waals surface area contributed by atoms with E-state index in [1.807, 2.05) is 48.1 Å². The fraction of sp³-hybridized carbons (Fsp3) is 0.312. The third-order valence-electron chi connectivity index (χ3n) is 3.74. The molecule has 3 aromatic heterocycles. The van der Waals surface area contributed by atoms with Crippen molar-refractivity contribution in [1.82, 2.24) is 24.3 Å². The Labute approximate surface area is 128 Å². The quantitative estimate of drug-likeness (QED) is 0.802. The van der Waals surface area contributed by atoms with Crippen molar-refractivity contribution in [3.05, 3.63) is 53.5 Å². The van der Waals surface area contributed by atoms with Gasteiger partial charge < -0.3 is 9.88 Å². The minimum atomic E-state index is -0.127. The molecule has 0 atom stereocenters. The van der Waals surface area contributed by atoms with Gasteiger partial charge in [0.15, 0.2) is 0 Å². The van der Waals surface area contributed by atoms with Crippen LogP contribution in [0, 0.1) is 13.8 Å². The zero-order valence-corrected chi connectivity index (χ0v) is 13.0. The fourth-order valence-corrected chi connectivity index (χ4v) is 2.57. The predicted octanol–water partition coefficient (Wildman–Crippen LogP) is 2.10. The first kappa shape index (κ1) is 14.3. The SMILES string of the molecule is CCn1cncc1CNC(=O)c1c(C)nc2cc(C)ccn12. The summed E-state index contributed by atoms with van der Waals surface area (Å²) in [6.07, 6.45) is 5.42. The second kappa shape index (κ2) is 5.63. The molecule has 0 saturated carbocycles. The smallest absolute Gasteiger partial charge is 0.270 e. The van der Waals surface area contributed by atoms with Gasteiger partial charge in [-0.25, -0.2) is 9.97 Å². The largest absolute Gasteiger partial charge is 0.345 e. The highest BCUT2D eigenvalue weighted by Crippen LogP contribution is 2.13. The Balaban J connectivity index is 1.85. The summed E-state index contributed by atoms with van der Waals surface area (Å²) < 4.78 is 3.83. The number of nitrogens with one attached hydrogen (secondary N) is 1. The third-order valence-corrected chi connectivity index (χ3v) is 3.74. The lowest BCUT2D eigenvalue weighted by molar-refractivity contribution is 0.0943. The van der Waals surface area contributed by atoms with Crippen molar-refractivity contribution in [1.29, 1.82) is 0 Å². The first-order valence-corrected chi connectivity index (χ1v) is 7.32. The number of fused-ring (bicyclic) bond motifs is 1. The zero-order valence-electron chi connectivity index (χ0n) is 13.0. The molecule has 0 fully saturated rings. The highest BCUT2D eigenvalue weighted by atomic mass is 16.1. The van der Waals surface area contributed by atoms with Gasteiger partial charge in [-0.2, -0.15) is 0 Å². The summed E-state index contributed by atoms with van der Waals surface area (Å²) >= 11 is 0. The highest BCUT2D eigenvalue weighted by molar-refractivity contribution is 5.94. The molecule has 114 valence electrons. The number of aryl methyl sites for hydroxylation is 3. The third kappa shape index (κ3) is 2.47. The van der Waals surface area contributed by atoms with E-state index >= 15 is 0 Å². The van der Waals surface area contributed by atoms with E-state index in [4.69, 9.17) is 0 Å². The van der Waals surface area contributed by atoms with E-state index in [9.17, 15) is 4.79 Å². The molecule has 6 nitrogen and oxygen atoms in total. The molecule has 0 aliphatic carbocycles. The first-order valence-electron chi connectivity index (χ1n) is 7.32. The number of imidazole rings is 2. The molecule has 1 amide bonds. The highest BCUT2D eigenvalue weighted by Gasteiger charge is 2.16. The number of nitrogens with zero attached hydrogens (tertiary/aromatic N) is 4. The Morgan fingerprint density at radius 1 is 1.36 bits per heavy atom. The number of carbonyl (C=O) groups excluding carboxylic acids is 1. The van der Waals surface area contributed by atoms with Crippen LogP contribution in [0.15, 0.2) is 30.9 Å². The summed E-state index contributed by atoms with van der Waals surface area (Å²) in [5, 5.41) is 2.95. The second-order valence-corrected chi connectivity index (χ2v) is 5.33. The van der Waals surface area contributed by atoms with Crippen LogP contribution in [-0.4, -0.2) is 24.8 Å². The predicted molar refractivity (Wildman–Crippen MR) is 83.7 cm³/mol. The van der Waals surface area contributed by atoms with Crippen molar-refractivity contribution in [3.63, 3.8) is 0 Å². The minimum absolute atomic E-state index is 0.127. The Bertz CT molecular complexity index is 830. The number of aromatic nitrogens is 4. The van der Waals surface area contributed by atoms with Gasteiger partial charge in [-0.05, 0) is 38.5 Å². The van der Waals surface area contributed by atoms with Gasteiger partial charge in [-0.3, -0.25) is 9.20 Å². The van der Waals surface area contributed by atoms with Gasteiger partial charge >= 0.3 is 0 Å². The molecule has 0 aliphatic heterocycles. The number of amides is 1. The first-order chi connectivity index (χ1) is 10.6. The maximum atomic E-state index is 12.5. The second-order valence-electron chi connectivity index (χ2n) is 5.33. The molecule has 0 bridgehead atoms. The molecule has 0 radical (unpaired) electrons. The summed E-state index contributed by atoms with van der Waals surface area (Å²) in [5.41, 5.74) is 4.21. The monoisotopic (exact) mass is 297 g/mol. The Morgan fingerprint density at radius 3 is 2.95 bits per heavy atom. The van der Waals surface area contributed by atoms with E-state index in [2.05, 4.69) is 15.3 Å². The molecule has 0 aromatic carbocycles.